The number of pyridine rings is 1. The van der Waals surface area contributed by atoms with Gasteiger partial charge in [-0.15, -0.1) is 0 Å². The summed E-state index contributed by atoms with van der Waals surface area (Å²) in [6.07, 6.45) is 1.75. The van der Waals surface area contributed by atoms with Crippen molar-refractivity contribution in [1.82, 2.24) is 9.55 Å². The van der Waals surface area contributed by atoms with Crippen LogP contribution in [0.3, 0.4) is 0 Å². The van der Waals surface area contributed by atoms with E-state index in [1.54, 1.807) is 6.20 Å². The fourth-order valence-corrected chi connectivity index (χ4v) is 3.07. The largest absolute Gasteiger partial charge is 0.462 e. The molecule has 0 aliphatic rings. The van der Waals surface area contributed by atoms with E-state index in [-0.39, 0.29) is 12.0 Å². The van der Waals surface area contributed by atoms with Gasteiger partial charge in [0.25, 0.3) is 0 Å². The molecule has 1 atom stereocenters. The second kappa shape index (κ2) is 6.24. The molecule has 0 amide bonds. The molecule has 0 N–H and O–H groups in total. The Kier molecular flexibility index (Phi) is 4.15. The zero-order chi connectivity index (χ0) is 16.4. The van der Waals surface area contributed by atoms with Crippen LogP contribution in [-0.2, 0) is 4.74 Å². The third-order valence-electron chi connectivity index (χ3n) is 4.16. The molecule has 0 spiro atoms. The molecule has 118 valence electrons. The van der Waals surface area contributed by atoms with Crippen molar-refractivity contribution in [3.05, 3.63) is 65.5 Å². The smallest absolute Gasteiger partial charge is 0.340 e. The molecular formula is C19H20N2O2. The third kappa shape index (κ3) is 2.61. The Morgan fingerprint density at radius 1 is 1.22 bits per heavy atom. The monoisotopic (exact) mass is 308 g/mol. The number of hydrogen-bond acceptors (Lipinski definition) is 3. The number of carbonyl (C=O) groups excluding carboxylic acids is 1. The summed E-state index contributed by atoms with van der Waals surface area (Å²) in [5.41, 5.74) is 3.48. The first-order valence-corrected chi connectivity index (χ1v) is 7.82. The van der Waals surface area contributed by atoms with Gasteiger partial charge in [0.2, 0.25) is 0 Å². The van der Waals surface area contributed by atoms with Gasteiger partial charge in [0, 0.05) is 17.3 Å². The summed E-state index contributed by atoms with van der Waals surface area (Å²) < 4.78 is 7.34. The molecule has 0 bridgehead atoms. The standard InChI is InChI=1S/C19H20N2O2/c1-4-23-19(22)17-14(3)21(18-16(17)11-8-12-20-18)13(2)15-9-6-5-7-10-15/h5-13H,4H2,1-3H3. The molecule has 23 heavy (non-hydrogen) atoms. The first kappa shape index (κ1) is 15.3. The lowest BCUT2D eigenvalue weighted by Gasteiger charge is -2.17. The molecule has 3 aromatic rings. The minimum atomic E-state index is -0.290. The Hall–Kier alpha value is -2.62. The number of carbonyl (C=O) groups is 1. The maximum atomic E-state index is 12.4. The van der Waals surface area contributed by atoms with Crippen LogP contribution in [0.5, 0.6) is 0 Å². The maximum Gasteiger partial charge on any atom is 0.340 e. The van der Waals surface area contributed by atoms with Crippen LogP contribution < -0.4 is 0 Å². The number of nitrogens with zero attached hydrogens (tertiary/aromatic N) is 2. The summed E-state index contributed by atoms with van der Waals surface area (Å²) in [6.45, 7) is 6.25. The summed E-state index contributed by atoms with van der Waals surface area (Å²) in [5, 5.41) is 0.839. The van der Waals surface area contributed by atoms with E-state index in [4.69, 9.17) is 4.74 Å². The number of rotatable bonds is 4. The van der Waals surface area contributed by atoms with E-state index in [1.165, 1.54) is 5.56 Å². The van der Waals surface area contributed by atoms with Crippen LogP contribution in [0.2, 0.25) is 0 Å². The lowest BCUT2D eigenvalue weighted by Crippen LogP contribution is -2.11. The van der Waals surface area contributed by atoms with Crippen molar-refractivity contribution in [2.24, 2.45) is 0 Å². The Morgan fingerprint density at radius 2 is 1.96 bits per heavy atom. The van der Waals surface area contributed by atoms with E-state index < -0.39 is 0 Å². The van der Waals surface area contributed by atoms with E-state index in [9.17, 15) is 4.79 Å². The highest BCUT2D eigenvalue weighted by Crippen LogP contribution is 2.31. The average molecular weight is 308 g/mol. The lowest BCUT2D eigenvalue weighted by atomic mass is 10.1. The highest BCUT2D eigenvalue weighted by molar-refractivity contribution is 6.05. The van der Waals surface area contributed by atoms with Gasteiger partial charge in [0.1, 0.15) is 5.65 Å². The van der Waals surface area contributed by atoms with E-state index >= 15 is 0 Å². The predicted molar refractivity (Wildman–Crippen MR) is 90.7 cm³/mol. The molecule has 4 heteroatoms. The molecule has 0 saturated heterocycles. The van der Waals surface area contributed by atoms with Crippen LogP contribution in [-0.4, -0.2) is 22.1 Å². The zero-order valence-corrected chi connectivity index (χ0v) is 13.6. The molecule has 2 heterocycles. The molecule has 0 aliphatic heterocycles. The molecule has 2 aromatic heterocycles. The van der Waals surface area contributed by atoms with Crippen molar-refractivity contribution in [2.75, 3.05) is 6.61 Å². The van der Waals surface area contributed by atoms with Gasteiger partial charge in [0.15, 0.2) is 0 Å². The summed E-state index contributed by atoms with van der Waals surface area (Å²) in [4.78, 5) is 16.9. The summed E-state index contributed by atoms with van der Waals surface area (Å²) in [5.74, 6) is -0.290. The van der Waals surface area contributed by atoms with Crippen molar-refractivity contribution in [3.8, 4) is 0 Å². The SMILES string of the molecule is CCOC(=O)c1c(C)n(C(C)c2ccccc2)c2ncccc12. The van der Waals surface area contributed by atoms with Crippen LogP contribution in [0.15, 0.2) is 48.7 Å². The summed E-state index contributed by atoms with van der Waals surface area (Å²) in [6, 6.07) is 14.1. The number of benzene rings is 1. The van der Waals surface area contributed by atoms with Crippen LogP contribution in [0.4, 0.5) is 0 Å². The molecule has 0 radical (unpaired) electrons. The predicted octanol–water partition coefficient (Wildman–Crippen LogP) is 4.13. The minimum absolute atomic E-state index is 0.0803. The fraction of sp³-hybridized carbons (Fsp3) is 0.263. The Balaban J connectivity index is 2.21. The normalized spacial score (nSPS) is 12.3. The topological polar surface area (TPSA) is 44.1 Å². The van der Waals surface area contributed by atoms with Crippen LogP contribution in [0, 0.1) is 6.92 Å². The highest BCUT2D eigenvalue weighted by Gasteiger charge is 2.24. The quantitative estimate of drug-likeness (QED) is 0.681. The zero-order valence-electron chi connectivity index (χ0n) is 13.6. The van der Waals surface area contributed by atoms with Gasteiger partial charge < -0.3 is 9.30 Å². The van der Waals surface area contributed by atoms with Crippen molar-refractivity contribution >= 4 is 17.0 Å². The van der Waals surface area contributed by atoms with Crippen LogP contribution >= 0.6 is 0 Å². The number of esters is 1. The fourth-order valence-electron chi connectivity index (χ4n) is 3.07. The van der Waals surface area contributed by atoms with E-state index in [2.05, 4.69) is 28.6 Å². The van der Waals surface area contributed by atoms with Gasteiger partial charge >= 0.3 is 5.97 Å². The first-order chi connectivity index (χ1) is 11.1. The van der Waals surface area contributed by atoms with Gasteiger partial charge in [-0.1, -0.05) is 30.3 Å². The van der Waals surface area contributed by atoms with Crippen molar-refractivity contribution < 1.29 is 9.53 Å². The number of fused-ring (bicyclic) bond motifs is 1. The summed E-state index contributed by atoms with van der Waals surface area (Å²) >= 11 is 0. The van der Waals surface area contributed by atoms with Crippen molar-refractivity contribution in [1.29, 1.82) is 0 Å². The number of ether oxygens (including phenoxy) is 1. The molecule has 0 aliphatic carbocycles. The molecule has 1 unspecified atom stereocenters. The van der Waals surface area contributed by atoms with Gasteiger partial charge in [-0.25, -0.2) is 9.78 Å². The van der Waals surface area contributed by atoms with Crippen LogP contribution in [0.25, 0.3) is 11.0 Å². The second-order valence-corrected chi connectivity index (χ2v) is 5.51. The van der Waals surface area contributed by atoms with Crippen molar-refractivity contribution in [3.63, 3.8) is 0 Å². The first-order valence-electron chi connectivity index (χ1n) is 7.82. The van der Waals surface area contributed by atoms with Gasteiger partial charge in [-0.05, 0) is 38.5 Å². The highest BCUT2D eigenvalue weighted by atomic mass is 16.5. The van der Waals surface area contributed by atoms with Crippen molar-refractivity contribution in [2.45, 2.75) is 26.8 Å². The van der Waals surface area contributed by atoms with E-state index in [0.29, 0.717) is 12.2 Å². The van der Waals surface area contributed by atoms with Crippen LogP contribution in [0.1, 0.15) is 41.5 Å². The number of hydrogen-bond donors (Lipinski definition) is 0. The summed E-state index contributed by atoms with van der Waals surface area (Å²) in [7, 11) is 0. The molecular weight excluding hydrogens is 288 g/mol. The Morgan fingerprint density at radius 3 is 2.65 bits per heavy atom. The minimum Gasteiger partial charge on any atom is -0.462 e. The lowest BCUT2D eigenvalue weighted by molar-refractivity contribution is 0.0527. The Labute approximate surface area is 135 Å². The van der Waals surface area contributed by atoms with Gasteiger partial charge in [-0.2, -0.15) is 0 Å². The Bertz CT molecular complexity index is 837. The number of aromatic nitrogens is 2. The molecule has 1 aromatic carbocycles. The molecule has 4 nitrogen and oxygen atoms in total. The molecule has 0 saturated carbocycles. The maximum absolute atomic E-state index is 12.4. The average Bonchev–Trinajstić information content (AvgIpc) is 2.87. The molecule has 0 fully saturated rings. The molecule has 3 rings (SSSR count). The second-order valence-electron chi connectivity index (χ2n) is 5.51. The van der Waals surface area contributed by atoms with E-state index in [1.807, 2.05) is 44.2 Å². The van der Waals surface area contributed by atoms with Gasteiger partial charge in [0.05, 0.1) is 18.2 Å². The van der Waals surface area contributed by atoms with Gasteiger partial charge in [-0.3, -0.25) is 0 Å². The van der Waals surface area contributed by atoms with E-state index in [0.717, 1.165) is 16.7 Å². The third-order valence-corrected chi connectivity index (χ3v) is 4.16.